The van der Waals surface area contributed by atoms with Crippen LogP contribution < -0.4 is 10.1 Å². The number of aliphatic hydroxyl groups excluding tert-OH is 1. The Hall–Kier alpha value is -1.13. The predicted octanol–water partition coefficient (Wildman–Crippen LogP) is 2.11. The molecule has 0 aliphatic rings. The quantitative estimate of drug-likeness (QED) is 0.801. The summed E-state index contributed by atoms with van der Waals surface area (Å²) in [6, 6.07) is 4.93. The van der Waals surface area contributed by atoms with Crippen molar-refractivity contribution in [2.24, 2.45) is 5.92 Å². The third-order valence-corrected chi connectivity index (χ3v) is 2.76. The number of aliphatic hydroxyl groups is 1. The lowest BCUT2D eigenvalue weighted by atomic mass is 10.1. The van der Waals surface area contributed by atoms with Gasteiger partial charge in [0.15, 0.2) is 11.6 Å². The summed E-state index contributed by atoms with van der Waals surface area (Å²) >= 11 is 0. The fraction of sp³-hybridized carbons (Fsp3) is 0.538. The van der Waals surface area contributed by atoms with Crippen LogP contribution in [-0.4, -0.2) is 25.4 Å². The van der Waals surface area contributed by atoms with Crippen molar-refractivity contribution in [2.75, 3.05) is 20.3 Å². The molecule has 2 N–H and O–H groups in total. The van der Waals surface area contributed by atoms with Gasteiger partial charge in [-0.2, -0.15) is 0 Å². The van der Waals surface area contributed by atoms with Crippen molar-refractivity contribution in [3.8, 4) is 5.75 Å². The Morgan fingerprint density at radius 2 is 2.12 bits per heavy atom. The Labute approximate surface area is 102 Å². The Bertz CT molecular complexity index is 357. The van der Waals surface area contributed by atoms with Gasteiger partial charge in [0.1, 0.15) is 0 Å². The molecule has 1 aromatic carbocycles. The minimum Gasteiger partial charge on any atom is -0.494 e. The number of rotatable bonds is 6. The first kappa shape index (κ1) is 13.9. The topological polar surface area (TPSA) is 41.5 Å². The number of ether oxygens (including phenoxy) is 1. The van der Waals surface area contributed by atoms with Crippen molar-refractivity contribution in [1.82, 2.24) is 5.32 Å². The highest BCUT2D eigenvalue weighted by Gasteiger charge is 2.10. The average molecular weight is 241 g/mol. The molecule has 2 atom stereocenters. The van der Waals surface area contributed by atoms with Crippen molar-refractivity contribution in [2.45, 2.75) is 19.9 Å². The van der Waals surface area contributed by atoms with Crippen molar-refractivity contribution >= 4 is 0 Å². The standard InChI is InChI=1S/C13H20FNO2/c1-9(8-16)7-15-10(2)11-4-5-12(14)13(6-11)17-3/h4-6,9-10,15-16H,7-8H2,1-3H3. The molecule has 0 spiro atoms. The van der Waals surface area contributed by atoms with E-state index in [-0.39, 0.29) is 30.1 Å². The van der Waals surface area contributed by atoms with Gasteiger partial charge in [0.05, 0.1) is 7.11 Å². The molecule has 0 aromatic heterocycles. The Morgan fingerprint density at radius 1 is 1.41 bits per heavy atom. The summed E-state index contributed by atoms with van der Waals surface area (Å²) in [6.45, 7) is 4.84. The molecule has 17 heavy (non-hydrogen) atoms. The molecule has 1 aromatic rings. The summed E-state index contributed by atoms with van der Waals surface area (Å²) in [6.07, 6.45) is 0. The molecular weight excluding hydrogens is 221 g/mol. The van der Waals surface area contributed by atoms with Crippen molar-refractivity contribution in [1.29, 1.82) is 0 Å². The van der Waals surface area contributed by atoms with E-state index in [0.29, 0.717) is 0 Å². The summed E-state index contributed by atoms with van der Waals surface area (Å²) in [5.41, 5.74) is 0.966. The minimum absolute atomic E-state index is 0.0958. The average Bonchev–Trinajstić information content (AvgIpc) is 2.35. The molecule has 0 bridgehead atoms. The molecule has 0 aliphatic carbocycles. The molecule has 0 saturated heterocycles. The second-order valence-corrected chi connectivity index (χ2v) is 4.31. The SMILES string of the molecule is COc1cc(C(C)NCC(C)CO)ccc1F. The molecule has 0 amide bonds. The molecule has 0 radical (unpaired) electrons. The van der Waals surface area contributed by atoms with Crippen LogP contribution in [0.3, 0.4) is 0 Å². The molecule has 4 heteroatoms. The van der Waals surface area contributed by atoms with Crippen LogP contribution in [0.2, 0.25) is 0 Å². The van der Waals surface area contributed by atoms with E-state index >= 15 is 0 Å². The summed E-state index contributed by atoms with van der Waals surface area (Å²) < 4.78 is 18.2. The van der Waals surface area contributed by atoms with Gasteiger partial charge in [0.2, 0.25) is 0 Å². The van der Waals surface area contributed by atoms with Crippen LogP contribution in [0.15, 0.2) is 18.2 Å². The number of halogens is 1. The molecule has 0 heterocycles. The van der Waals surface area contributed by atoms with Crippen LogP contribution in [0.4, 0.5) is 4.39 Å². The van der Waals surface area contributed by atoms with Gasteiger partial charge < -0.3 is 15.2 Å². The van der Waals surface area contributed by atoms with Gasteiger partial charge in [-0.05, 0) is 30.5 Å². The second kappa shape index (κ2) is 6.57. The molecule has 1 rings (SSSR count). The molecular formula is C13H20FNO2. The summed E-state index contributed by atoms with van der Waals surface area (Å²) in [5, 5.41) is 12.2. The highest BCUT2D eigenvalue weighted by atomic mass is 19.1. The van der Waals surface area contributed by atoms with Crippen LogP contribution >= 0.6 is 0 Å². The maximum atomic E-state index is 13.2. The van der Waals surface area contributed by atoms with Gasteiger partial charge >= 0.3 is 0 Å². The van der Waals surface area contributed by atoms with E-state index in [1.165, 1.54) is 13.2 Å². The lowest BCUT2D eigenvalue weighted by molar-refractivity contribution is 0.231. The van der Waals surface area contributed by atoms with E-state index in [1.807, 2.05) is 13.8 Å². The number of methoxy groups -OCH3 is 1. The van der Waals surface area contributed by atoms with Crippen LogP contribution in [-0.2, 0) is 0 Å². The number of benzene rings is 1. The minimum atomic E-state index is -0.354. The monoisotopic (exact) mass is 241 g/mol. The fourth-order valence-corrected chi connectivity index (χ4v) is 1.51. The second-order valence-electron chi connectivity index (χ2n) is 4.31. The summed E-state index contributed by atoms with van der Waals surface area (Å²) in [7, 11) is 1.45. The molecule has 0 fully saturated rings. The normalized spacial score (nSPS) is 14.4. The van der Waals surface area contributed by atoms with Crippen molar-refractivity contribution < 1.29 is 14.2 Å². The molecule has 0 aliphatic heterocycles. The molecule has 96 valence electrons. The van der Waals surface area contributed by atoms with E-state index < -0.39 is 0 Å². The first-order valence-corrected chi connectivity index (χ1v) is 5.76. The predicted molar refractivity (Wildman–Crippen MR) is 65.6 cm³/mol. The van der Waals surface area contributed by atoms with Crippen LogP contribution in [0.5, 0.6) is 5.75 Å². The van der Waals surface area contributed by atoms with E-state index in [4.69, 9.17) is 9.84 Å². The lowest BCUT2D eigenvalue weighted by Crippen LogP contribution is -2.26. The van der Waals surface area contributed by atoms with Crippen LogP contribution in [0.25, 0.3) is 0 Å². The zero-order chi connectivity index (χ0) is 12.8. The van der Waals surface area contributed by atoms with E-state index in [2.05, 4.69) is 5.32 Å². The zero-order valence-electron chi connectivity index (χ0n) is 10.5. The summed E-state index contributed by atoms with van der Waals surface area (Å²) in [5.74, 6) is 0.110. The van der Waals surface area contributed by atoms with E-state index in [9.17, 15) is 4.39 Å². The smallest absolute Gasteiger partial charge is 0.165 e. The van der Waals surface area contributed by atoms with Crippen LogP contribution in [0, 0.1) is 11.7 Å². The number of hydrogen-bond donors (Lipinski definition) is 2. The van der Waals surface area contributed by atoms with Crippen molar-refractivity contribution in [3.63, 3.8) is 0 Å². The van der Waals surface area contributed by atoms with Gasteiger partial charge in [0.25, 0.3) is 0 Å². The Morgan fingerprint density at radius 3 is 2.71 bits per heavy atom. The Balaban J connectivity index is 2.65. The maximum Gasteiger partial charge on any atom is 0.165 e. The van der Waals surface area contributed by atoms with E-state index in [1.54, 1.807) is 12.1 Å². The van der Waals surface area contributed by atoms with Gasteiger partial charge in [-0.25, -0.2) is 4.39 Å². The number of nitrogens with one attached hydrogen (secondary N) is 1. The Kier molecular flexibility index (Phi) is 5.38. The molecule has 0 saturated carbocycles. The van der Waals surface area contributed by atoms with Gasteiger partial charge in [-0.1, -0.05) is 13.0 Å². The third-order valence-electron chi connectivity index (χ3n) is 2.76. The first-order valence-electron chi connectivity index (χ1n) is 5.76. The van der Waals surface area contributed by atoms with Gasteiger partial charge in [-0.15, -0.1) is 0 Å². The van der Waals surface area contributed by atoms with Crippen LogP contribution in [0.1, 0.15) is 25.5 Å². The highest BCUT2D eigenvalue weighted by molar-refractivity contribution is 5.31. The van der Waals surface area contributed by atoms with Gasteiger partial charge in [0, 0.05) is 19.2 Å². The first-order chi connectivity index (χ1) is 8.08. The number of hydrogen-bond acceptors (Lipinski definition) is 3. The third kappa shape index (κ3) is 3.98. The van der Waals surface area contributed by atoms with Gasteiger partial charge in [-0.3, -0.25) is 0 Å². The lowest BCUT2D eigenvalue weighted by Gasteiger charge is -2.17. The fourth-order valence-electron chi connectivity index (χ4n) is 1.51. The molecule has 3 nitrogen and oxygen atoms in total. The maximum absolute atomic E-state index is 13.2. The molecule has 2 unspecified atom stereocenters. The largest absolute Gasteiger partial charge is 0.494 e. The van der Waals surface area contributed by atoms with Crippen molar-refractivity contribution in [3.05, 3.63) is 29.6 Å². The highest BCUT2D eigenvalue weighted by Crippen LogP contribution is 2.22. The summed E-state index contributed by atoms with van der Waals surface area (Å²) in [4.78, 5) is 0. The van der Waals surface area contributed by atoms with E-state index in [0.717, 1.165) is 12.1 Å². The zero-order valence-corrected chi connectivity index (χ0v) is 10.5.